The monoisotopic (exact) mass is 590 g/mol. The first kappa shape index (κ1) is 17.7. The van der Waals surface area contributed by atoms with Gasteiger partial charge in [0.05, 0.1) is 0 Å². The molecule has 0 aromatic heterocycles. The number of hydrogen-bond donors (Lipinski definition) is 0. The third-order valence-electron chi connectivity index (χ3n) is 0. The SMILES string of the molecule is FC(I)I.FC(I)I.O. The van der Waals surface area contributed by atoms with Gasteiger partial charge in [-0.05, 0) is 90.4 Å². The first-order valence-corrected chi connectivity index (χ1v) is 6.29. The molecule has 0 fully saturated rings. The highest BCUT2D eigenvalue weighted by atomic mass is 127. The Kier molecular flexibility index (Phi) is 26.3. The van der Waals surface area contributed by atoms with Crippen molar-refractivity contribution in [2.75, 3.05) is 0 Å². The first-order chi connectivity index (χ1) is 3.46. The van der Waals surface area contributed by atoms with Crippen LogP contribution in [-0.2, 0) is 0 Å². The second-order valence-corrected chi connectivity index (χ2v) is 9.64. The Hall–Kier alpha value is 2.74. The Morgan fingerprint density at radius 1 is 0.778 bits per heavy atom. The average Bonchev–Trinajstić information content (AvgIpc) is 1.25. The fraction of sp³-hybridized carbons (Fsp3) is 1.00. The number of rotatable bonds is 0. The third kappa shape index (κ3) is 109. The van der Waals surface area contributed by atoms with E-state index in [0.717, 1.165) is 0 Å². The van der Waals surface area contributed by atoms with Gasteiger partial charge in [0.15, 0.2) is 0 Å². The molecular weight excluding hydrogens is 586 g/mol. The van der Waals surface area contributed by atoms with E-state index in [-0.39, 0.29) is 5.48 Å². The van der Waals surface area contributed by atoms with Crippen LogP contribution >= 0.6 is 90.4 Å². The van der Waals surface area contributed by atoms with Gasteiger partial charge in [-0.3, -0.25) is 0 Å². The highest BCUT2D eigenvalue weighted by Crippen LogP contribution is 2.08. The van der Waals surface area contributed by atoms with Gasteiger partial charge in [0.2, 0.25) is 4.37 Å². The molecule has 0 radical (unpaired) electrons. The van der Waals surface area contributed by atoms with Crippen molar-refractivity contribution >= 4 is 90.4 Å². The lowest BCUT2D eigenvalue weighted by Gasteiger charge is -1.69. The van der Waals surface area contributed by atoms with Crippen molar-refractivity contribution < 1.29 is 14.3 Å². The van der Waals surface area contributed by atoms with Crippen molar-refractivity contribution in [1.82, 2.24) is 0 Å². The van der Waals surface area contributed by atoms with Crippen LogP contribution in [0.5, 0.6) is 0 Å². The molecule has 0 unspecified atom stereocenters. The van der Waals surface area contributed by atoms with Crippen molar-refractivity contribution in [1.29, 1.82) is 0 Å². The van der Waals surface area contributed by atoms with Crippen LogP contribution in [-0.4, -0.2) is 9.85 Å². The summed E-state index contributed by atoms with van der Waals surface area (Å²) in [5.41, 5.74) is 0. The molecule has 0 aromatic carbocycles. The molecule has 0 aliphatic carbocycles. The van der Waals surface area contributed by atoms with Gasteiger partial charge in [-0.1, -0.05) is 0 Å². The van der Waals surface area contributed by atoms with Crippen LogP contribution in [0.15, 0.2) is 0 Å². The molecule has 0 aliphatic heterocycles. The summed E-state index contributed by atoms with van der Waals surface area (Å²) in [6.07, 6.45) is 0. The predicted octanol–water partition coefficient (Wildman–Crippen LogP) is 3.39. The van der Waals surface area contributed by atoms with Crippen LogP contribution in [0, 0.1) is 0 Å². The predicted molar refractivity (Wildman–Crippen MR) is 69.5 cm³/mol. The molecule has 0 spiro atoms. The van der Waals surface area contributed by atoms with Crippen LogP contribution in [0.25, 0.3) is 0 Å². The Morgan fingerprint density at radius 3 is 0.778 bits per heavy atom. The number of hydrogen-bond acceptors (Lipinski definition) is 0. The number of alkyl halides is 6. The summed E-state index contributed by atoms with van der Waals surface area (Å²) in [7, 11) is 0. The molecule has 1 nitrogen and oxygen atoms in total. The second kappa shape index (κ2) is 13.3. The van der Waals surface area contributed by atoms with Gasteiger partial charge in [0.1, 0.15) is 0 Å². The molecule has 0 saturated heterocycles. The molecule has 0 rings (SSSR count). The fourth-order valence-electron chi connectivity index (χ4n) is 0. The van der Waals surface area contributed by atoms with E-state index in [2.05, 4.69) is 0 Å². The van der Waals surface area contributed by atoms with Gasteiger partial charge in [0, 0.05) is 0 Å². The minimum absolute atomic E-state index is 0. The summed E-state index contributed by atoms with van der Waals surface area (Å²) in [6, 6.07) is 0. The lowest BCUT2D eigenvalue weighted by atomic mass is 11.9. The van der Waals surface area contributed by atoms with Crippen LogP contribution < -0.4 is 0 Å². The molecule has 2 N–H and O–H groups in total. The summed E-state index contributed by atoms with van der Waals surface area (Å²) in [4.78, 5) is 0. The molecule has 0 atom stereocenters. The number of halogens is 6. The Balaban J connectivity index is -0.0000000720. The van der Waals surface area contributed by atoms with E-state index in [0.29, 0.717) is 0 Å². The molecule has 0 amide bonds. The van der Waals surface area contributed by atoms with E-state index in [4.69, 9.17) is 0 Å². The maximum atomic E-state index is 11.0. The van der Waals surface area contributed by atoms with Crippen molar-refractivity contribution in [3.05, 3.63) is 0 Å². The Bertz CT molecular complexity index is 32.0. The lowest BCUT2D eigenvalue weighted by molar-refractivity contribution is 0.603. The van der Waals surface area contributed by atoms with Gasteiger partial charge in [-0.25, -0.2) is 8.78 Å². The van der Waals surface area contributed by atoms with Gasteiger partial charge >= 0.3 is 0 Å². The molecule has 0 aromatic rings. The van der Waals surface area contributed by atoms with Gasteiger partial charge in [-0.2, -0.15) is 0 Å². The highest BCUT2D eigenvalue weighted by molar-refractivity contribution is 14.2. The minimum Gasteiger partial charge on any atom is -0.412 e. The quantitative estimate of drug-likeness (QED) is 0.307. The van der Waals surface area contributed by atoms with E-state index >= 15 is 0 Å². The fourth-order valence-corrected chi connectivity index (χ4v) is 0. The van der Waals surface area contributed by atoms with Gasteiger partial charge < -0.3 is 5.48 Å². The lowest BCUT2D eigenvalue weighted by Crippen LogP contribution is -1.54. The van der Waals surface area contributed by atoms with Crippen molar-refractivity contribution in [2.45, 2.75) is 4.37 Å². The Morgan fingerprint density at radius 2 is 0.778 bits per heavy atom. The van der Waals surface area contributed by atoms with Crippen molar-refractivity contribution in [3.63, 3.8) is 0 Å². The Labute approximate surface area is 107 Å². The van der Waals surface area contributed by atoms with E-state index in [1.807, 2.05) is 0 Å². The molecule has 0 bridgehead atoms. The minimum atomic E-state index is -0.727. The highest BCUT2D eigenvalue weighted by Gasteiger charge is 1.80. The van der Waals surface area contributed by atoms with Crippen molar-refractivity contribution in [2.24, 2.45) is 0 Å². The van der Waals surface area contributed by atoms with E-state index in [1.165, 1.54) is 0 Å². The first-order valence-electron chi connectivity index (χ1n) is 1.31. The molecule has 0 aliphatic rings. The zero-order chi connectivity index (χ0) is 7.15. The van der Waals surface area contributed by atoms with Gasteiger partial charge in [-0.15, -0.1) is 0 Å². The molecule has 9 heavy (non-hydrogen) atoms. The summed E-state index contributed by atoms with van der Waals surface area (Å²) in [5, 5.41) is 0. The molecule has 60 valence electrons. The molecule has 7 heteroatoms. The maximum Gasteiger partial charge on any atom is 0.201 e. The second-order valence-electron chi connectivity index (χ2n) is 0.495. The van der Waals surface area contributed by atoms with E-state index < -0.39 is 4.37 Å². The molecule has 0 heterocycles. The molecular formula is C2H4F2I4O. The average molecular weight is 590 g/mol. The smallest absolute Gasteiger partial charge is 0.201 e. The largest absolute Gasteiger partial charge is 0.412 e. The maximum absolute atomic E-state index is 11.0. The summed E-state index contributed by atoms with van der Waals surface area (Å²) < 4.78 is 20.5. The summed E-state index contributed by atoms with van der Waals surface area (Å²) in [6.45, 7) is 0. The zero-order valence-electron chi connectivity index (χ0n) is 3.92. The van der Waals surface area contributed by atoms with Crippen LogP contribution in [0.2, 0.25) is 0 Å². The van der Waals surface area contributed by atoms with E-state index in [9.17, 15) is 8.78 Å². The molecule has 0 saturated carbocycles. The normalized spacial score (nSPS) is 8.00. The standard InChI is InChI=1S/2CHFI2.H2O/c2*2-1(3)4;/h2*1H;1H2. The van der Waals surface area contributed by atoms with E-state index in [1.54, 1.807) is 90.4 Å². The summed E-state index contributed by atoms with van der Waals surface area (Å²) in [5.74, 6) is 0. The van der Waals surface area contributed by atoms with Crippen LogP contribution in [0.1, 0.15) is 0 Å². The van der Waals surface area contributed by atoms with Crippen LogP contribution in [0.3, 0.4) is 0 Å². The van der Waals surface area contributed by atoms with Crippen molar-refractivity contribution in [3.8, 4) is 0 Å². The zero-order valence-corrected chi connectivity index (χ0v) is 12.6. The summed E-state index contributed by atoms with van der Waals surface area (Å²) >= 11 is 6.65. The third-order valence-corrected chi connectivity index (χ3v) is 0. The topological polar surface area (TPSA) is 31.5 Å². The van der Waals surface area contributed by atoms with Gasteiger partial charge in [0.25, 0.3) is 0 Å². The van der Waals surface area contributed by atoms with Crippen LogP contribution in [0.4, 0.5) is 8.78 Å².